The predicted molar refractivity (Wildman–Crippen MR) is 125 cm³/mol. The third-order valence-electron chi connectivity index (χ3n) is 5.82. The van der Waals surface area contributed by atoms with E-state index in [-0.39, 0.29) is 5.97 Å². The zero-order chi connectivity index (χ0) is 21.2. The Kier molecular flexibility index (Phi) is 14.6. The fourth-order valence-electron chi connectivity index (χ4n) is 3.87. The Labute approximate surface area is 180 Å². The van der Waals surface area contributed by atoms with E-state index >= 15 is 0 Å². The van der Waals surface area contributed by atoms with Crippen LogP contribution in [-0.2, 0) is 15.1 Å². The molecule has 0 bridgehead atoms. The quantitative estimate of drug-likeness (QED) is 0.181. The molecule has 2 nitrogen and oxygen atoms in total. The van der Waals surface area contributed by atoms with Gasteiger partial charge in [-0.15, -0.1) is 0 Å². The van der Waals surface area contributed by atoms with Crippen LogP contribution in [0.25, 0.3) is 0 Å². The molecule has 0 saturated heterocycles. The zero-order valence-corrected chi connectivity index (χ0v) is 19.5. The minimum absolute atomic E-state index is 0.0754. The van der Waals surface area contributed by atoms with E-state index in [2.05, 4.69) is 6.92 Å². The minimum atomic E-state index is -0.548. The number of carbonyl (C=O) groups excluding carboxylic acids is 1. The molecule has 0 aromatic heterocycles. The van der Waals surface area contributed by atoms with E-state index in [1.54, 1.807) is 0 Å². The Balaban J connectivity index is 1.90. The summed E-state index contributed by atoms with van der Waals surface area (Å²) in [6, 6.07) is 9.98. The molecule has 0 N–H and O–H groups in total. The summed E-state index contributed by atoms with van der Waals surface area (Å²) in [6.07, 6.45) is 20.6. The maximum Gasteiger partial charge on any atom is 0.306 e. The van der Waals surface area contributed by atoms with Crippen LogP contribution in [0.5, 0.6) is 0 Å². The van der Waals surface area contributed by atoms with Gasteiger partial charge in [-0.25, -0.2) is 0 Å². The van der Waals surface area contributed by atoms with Gasteiger partial charge in [-0.2, -0.15) is 0 Å². The van der Waals surface area contributed by atoms with Gasteiger partial charge in [0.15, 0.2) is 0 Å². The SMILES string of the molecule is CCCCCCCCCCCCCCCCCC(=O)OC(C)(C)c1ccccc1. The van der Waals surface area contributed by atoms with Crippen LogP contribution in [-0.4, -0.2) is 5.97 Å². The first-order valence-corrected chi connectivity index (χ1v) is 12.3. The maximum absolute atomic E-state index is 12.1. The van der Waals surface area contributed by atoms with Crippen molar-refractivity contribution in [1.29, 1.82) is 0 Å². The van der Waals surface area contributed by atoms with Crippen LogP contribution >= 0.6 is 0 Å². The zero-order valence-electron chi connectivity index (χ0n) is 19.5. The first-order valence-electron chi connectivity index (χ1n) is 12.3. The van der Waals surface area contributed by atoms with Crippen LogP contribution in [0.3, 0.4) is 0 Å². The highest BCUT2D eigenvalue weighted by Crippen LogP contribution is 2.25. The minimum Gasteiger partial charge on any atom is -0.455 e. The molecular formula is C27H46O2. The van der Waals surface area contributed by atoms with Crippen molar-refractivity contribution in [2.24, 2.45) is 0 Å². The Morgan fingerprint density at radius 3 is 1.55 bits per heavy atom. The summed E-state index contributed by atoms with van der Waals surface area (Å²) in [5.74, 6) is -0.0754. The van der Waals surface area contributed by atoms with Crippen LogP contribution in [0.1, 0.15) is 129 Å². The topological polar surface area (TPSA) is 26.3 Å². The smallest absolute Gasteiger partial charge is 0.306 e. The second-order valence-corrected chi connectivity index (χ2v) is 9.05. The van der Waals surface area contributed by atoms with Crippen molar-refractivity contribution < 1.29 is 9.53 Å². The predicted octanol–water partition coefficient (Wildman–Crippen LogP) is 8.73. The summed E-state index contributed by atoms with van der Waals surface area (Å²) in [7, 11) is 0. The van der Waals surface area contributed by atoms with E-state index in [1.807, 2.05) is 44.2 Å². The number of unbranched alkanes of at least 4 members (excludes halogenated alkanes) is 14. The third kappa shape index (κ3) is 13.5. The van der Waals surface area contributed by atoms with Crippen LogP contribution in [0.4, 0.5) is 0 Å². The van der Waals surface area contributed by atoms with Gasteiger partial charge in [-0.1, -0.05) is 127 Å². The number of benzene rings is 1. The first kappa shape index (κ1) is 25.7. The molecule has 1 aromatic rings. The number of rotatable bonds is 18. The first-order chi connectivity index (χ1) is 14.1. The van der Waals surface area contributed by atoms with Crippen molar-refractivity contribution in [1.82, 2.24) is 0 Å². The Morgan fingerprint density at radius 2 is 1.10 bits per heavy atom. The molecule has 0 amide bonds. The van der Waals surface area contributed by atoms with Crippen molar-refractivity contribution in [2.75, 3.05) is 0 Å². The third-order valence-corrected chi connectivity index (χ3v) is 5.82. The Bertz CT molecular complexity index is 507. The lowest BCUT2D eigenvalue weighted by Gasteiger charge is -2.25. The molecule has 0 spiro atoms. The van der Waals surface area contributed by atoms with Gasteiger partial charge in [-0.3, -0.25) is 4.79 Å². The van der Waals surface area contributed by atoms with E-state index < -0.39 is 5.60 Å². The molecule has 0 heterocycles. The highest BCUT2D eigenvalue weighted by atomic mass is 16.6. The van der Waals surface area contributed by atoms with Crippen molar-refractivity contribution in [3.8, 4) is 0 Å². The molecule has 1 rings (SSSR count). The number of hydrogen-bond acceptors (Lipinski definition) is 2. The molecule has 0 aliphatic rings. The largest absolute Gasteiger partial charge is 0.455 e. The fraction of sp³-hybridized carbons (Fsp3) is 0.741. The van der Waals surface area contributed by atoms with Crippen molar-refractivity contribution in [2.45, 2.75) is 129 Å². The maximum atomic E-state index is 12.1. The van der Waals surface area contributed by atoms with Gasteiger partial charge in [0.2, 0.25) is 0 Å². The molecule has 0 fully saturated rings. The number of hydrogen-bond donors (Lipinski definition) is 0. The Morgan fingerprint density at radius 1 is 0.690 bits per heavy atom. The van der Waals surface area contributed by atoms with Crippen molar-refractivity contribution in [3.63, 3.8) is 0 Å². The van der Waals surface area contributed by atoms with Crippen molar-refractivity contribution >= 4 is 5.97 Å². The molecule has 0 unspecified atom stereocenters. The van der Waals surface area contributed by atoms with Gasteiger partial charge in [-0.05, 0) is 25.8 Å². The standard InChI is InChI=1S/C27H46O2/c1-4-5-6-7-8-9-10-11-12-13-14-15-16-17-21-24-26(28)29-27(2,3)25-22-19-18-20-23-25/h18-20,22-23H,4-17,21,24H2,1-3H3. The van der Waals surface area contributed by atoms with Gasteiger partial charge < -0.3 is 4.74 Å². The van der Waals surface area contributed by atoms with Gasteiger partial charge in [0.1, 0.15) is 5.60 Å². The van der Waals surface area contributed by atoms with E-state index in [4.69, 9.17) is 4.74 Å². The van der Waals surface area contributed by atoms with Gasteiger partial charge >= 0.3 is 5.97 Å². The molecule has 0 radical (unpaired) electrons. The van der Waals surface area contributed by atoms with Gasteiger partial charge in [0.25, 0.3) is 0 Å². The van der Waals surface area contributed by atoms with Crippen molar-refractivity contribution in [3.05, 3.63) is 35.9 Å². The molecular weight excluding hydrogens is 356 g/mol. The second kappa shape index (κ2) is 16.5. The normalized spacial score (nSPS) is 11.6. The molecule has 166 valence electrons. The number of carbonyl (C=O) groups is 1. The van der Waals surface area contributed by atoms with Crippen LogP contribution in [0.2, 0.25) is 0 Å². The molecule has 0 aliphatic heterocycles. The van der Waals surface area contributed by atoms with Crippen LogP contribution in [0.15, 0.2) is 30.3 Å². The van der Waals surface area contributed by atoms with E-state index in [1.165, 1.54) is 83.5 Å². The summed E-state index contributed by atoms with van der Waals surface area (Å²) in [6.45, 7) is 6.21. The summed E-state index contributed by atoms with van der Waals surface area (Å²) >= 11 is 0. The lowest BCUT2D eigenvalue weighted by atomic mass is 9.98. The molecule has 2 heteroatoms. The highest BCUT2D eigenvalue weighted by molar-refractivity contribution is 5.70. The summed E-state index contributed by atoms with van der Waals surface area (Å²) < 4.78 is 5.70. The monoisotopic (exact) mass is 402 g/mol. The average Bonchev–Trinajstić information content (AvgIpc) is 2.71. The van der Waals surface area contributed by atoms with E-state index in [0.29, 0.717) is 6.42 Å². The van der Waals surface area contributed by atoms with Gasteiger partial charge in [0.05, 0.1) is 0 Å². The molecule has 0 saturated carbocycles. The van der Waals surface area contributed by atoms with Crippen LogP contribution < -0.4 is 0 Å². The summed E-state index contributed by atoms with van der Waals surface area (Å²) in [5.41, 5.74) is 0.498. The molecule has 0 atom stereocenters. The lowest BCUT2D eigenvalue weighted by molar-refractivity contribution is -0.157. The fourth-order valence-corrected chi connectivity index (χ4v) is 3.87. The lowest BCUT2D eigenvalue weighted by Crippen LogP contribution is -2.25. The Hall–Kier alpha value is -1.31. The molecule has 0 aliphatic carbocycles. The second-order valence-electron chi connectivity index (χ2n) is 9.05. The van der Waals surface area contributed by atoms with E-state index in [9.17, 15) is 4.79 Å². The number of esters is 1. The summed E-state index contributed by atoms with van der Waals surface area (Å²) in [5, 5.41) is 0. The average molecular weight is 403 g/mol. The molecule has 29 heavy (non-hydrogen) atoms. The summed E-state index contributed by atoms with van der Waals surface area (Å²) in [4.78, 5) is 12.1. The molecule has 1 aromatic carbocycles. The van der Waals surface area contributed by atoms with Gasteiger partial charge in [0, 0.05) is 6.42 Å². The number of ether oxygens (including phenoxy) is 1. The highest BCUT2D eigenvalue weighted by Gasteiger charge is 2.24. The van der Waals surface area contributed by atoms with E-state index in [0.717, 1.165) is 18.4 Å². The van der Waals surface area contributed by atoms with Crippen LogP contribution in [0, 0.1) is 0 Å².